The summed E-state index contributed by atoms with van der Waals surface area (Å²) in [7, 11) is 1.58. The van der Waals surface area contributed by atoms with Gasteiger partial charge in [-0.25, -0.2) is 4.68 Å². The van der Waals surface area contributed by atoms with Crippen molar-refractivity contribution in [3.63, 3.8) is 0 Å². The number of nitrogens with zero attached hydrogens (tertiary/aromatic N) is 3. The quantitative estimate of drug-likeness (QED) is 0.926. The molecular formula is C14H15F3N4O. The molecule has 0 fully saturated rings. The van der Waals surface area contributed by atoms with Gasteiger partial charge in [0.15, 0.2) is 5.82 Å². The molecule has 0 radical (unpaired) electrons. The minimum absolute atomic E-state index is 0.135. The summed E-state index contributed by atoms with van der Waals surface area (Å²) >= 11 is 0. The molecule has 3 rings (SSSR count). The fourth-order valence-corrected chi connectivity index (χ4v) is 2.79. The molecule has 2 atom stereocenters. The zero-order chi connectivity index (χ0) is 15.9. The van der Waals surface area contributed by atoms with E-state index in [0.29, 0.717) is 18.7 Å². The van der Waals surface area contributed by atoms with Crippen molar-refractivity contribution >= 4 is 5.95 Å². The Hall–Kier alpha value is -2.09. The van der Waals surface area contributed by atoms with Gasteiger partial charge in [0.25, 0.3) is 0 Å². The Bertz CT molecular complexity index is 666. The van der Waals surface area contributed by atoms with Crippen LogP contribution in [0.15, 0.2) is 24.3 Å². The van der Waals surface area contributed by atoms with Crippen molar-refractivity contribution in [1.29, 1.82) is 0 Å². The molecule has 0 saturated heterocycles. The van der Waals surface area contributed by atoms with Gasteiger partial charge in [0.05, 0.1) is 11.6 Å². The summed E-state index contributed by atoms with van der Waals surface area (Å²) in [5.41, 5.74) is 5.73. The average molecular weight is 312 g/mol. The van der Waals surface area contributed by atoms with Crippen molar-refractivity contribution in [3.8, 4) is 0 Å². The van der Waals surface area contributed by atoms with Crippen LogP contribution in [0, 0.1) is 0 Å². The SMILES string of the molecule is COC1CCC(c2ccc(C(F)(F)F)cc2)n2nc(N)nc21. The predicted molar refractivity (Wildman–Crippen MR) is 73.0 cm³/mol. The van der Waals surface area contributed by atoms with E-state index in [1.54, 1.807) is 11.8 Å². The summed E-state index contributed by atoms with van der Waals surface area (Å²) in [4.78, 5) is 4.16. The van der Waals surface area contributed by atoms with Crippen LogP contribution in [0.3, 0.4) is 0 Å². The van der Waals surface area contributed by atoms with Gasteiger partial charge in [-0.1, -0.05) is 12.1 Å². The predicted octanol–water partition coefficient (Wildman–Crippen LogP) is 2.95. The summed E-state index contributed by atoms with van der Waals surface area (Å²) in [5.74, 6) is 0.743. The van der Waals surface area contributed by atoms with Crippen LogP contribution < -0.4 is 5.73 Å². The smallest absolute Gasteiger partial charge is 0.373 e. The minimum atomic E-state index is -4.34. The summed E-state index contributed by atoms with van der Waals surface area (Å²) in [5, 5.41) is 4.16. The first kappa shape index (κ1) is 14.8. The molecule has 2 N–H and O–H groups in total. The molecule has 0 bridgehead atoms. The van der Waals surface area contributed by atoms with Crippen LogP contribution in [0.2, 0.25) is 0 Å². The minimum Gasteiger partial charge on any atom is -0.373 e. The van der Waals surface area contributed by atoms with Crippen molar-refractivity contribution in [1.82, 2.24) is 14.8 Å². The Kier molecular flexibility index (Phi) is 3.56. The van der Waals surface area contributed by atoms with Crippen LogP contribution in [0.25, 0.3) is 0 Å². The van der Waals surface area contributed by atoms with Crippen molar-refractivity contribution in [2.24, 2.45) is 0 Å². The number of ether oxygens (including phenoxy) is 1. The standard InChI is InChI=1S/C14H15F3N4O/c1-22-11-7-6-10(21-12(11)19-13(18)20-21)8-2-4-9(5-3-8)14(15,16)17/h2-5,10-11H,6-7H2,1H3,(H2,18,20). The first-order chi connectivity index (χ1) is 10.4. The highest BCUT2D eigenvalue weighted by atomic mass is 19.4. The largest absolute Gasteiger partial charge is 0.416 e. The van der Waals surface area contributed by atoms with Gasteiger partial charge < -0.3 is 10.5 Å². The van der Waals surface area contributed by atoms with E-state index in [-0.39, 0.29) is 18.1 Å². The Labute approximate surface area is 124 Å². The Morgan fingerprint density at radius 1 is 1.23 bits per heavy atom. The molecule has 2 heterocycles. The summed E-state index contributed by atoms with van der Waals surface area (Å²) in [6.45, 7) is 0. The number of benzene rings is 1. The molecule has 0 aliphatic carbocycles. The zero-order valence-corrected chi connectivity index (χ0v) is 11.8. The number of halogens is 3. The Morgan fingerprint density at radius 2 is 1.91 bits per heavy atom. The molecule has 8 heteroatoms. The van der Waals surface area contributed by atoms with E-state index >= 15 is 0 Å². The second-order valence-corrected chi connectivity index (χ2v) is 5.21. The Morgan fingerprint density at radius 3 is 2.50 bits per heavy atom. The van der Waals surface area contributed by atoms with E-state index < -0.39 is 11.7 Å². The van der Waals surface area contributed by atoms with E-state index in [1.165, 1.54) is 12.1 Å². The number of nitrogen functional groups attached to an aromatic ring is 1. The van der Waals surface area contributed by atoms with Crippen LogP contribution in [-0.4, -0.2) is 21.9 Å². The van der Waals surface area contributed by atoms with Crippen molar-refractivity contribution in [3.05, 3.63) is 41.2 Å². The van der Waals surface area contributed by atoms with E-state index in [2.05, 4.69) is 10.1 Å². The maximum absolute atomic E-state index is 12.6. The van der Waals surface area contributed by atoms with Crippen LogP contribution >= 0.6 is 0 Å². The number of hydrogen-bond acceptors (Lipinski definition) is 4. The van der Waals surface area contributed by atoms with Gasteiger partial charge in [-0.2, -0.15) is 18.2 Å². The molecule has 0 saturated carbocycles. The fraction of sp³-hybridized carbons (Fsp3) is 0.429. The van der Waals surface area contributed by atoms with Crippen LogP contribution in [-0.2, 0) is 10.9 Å². The number of methoxy groups -OCH3 is 1. The van der Waals surface area contributed by atoms with Gasteiger partial charge in [-0.05, 0) is 30.5 Å². The summed E-state index contributed by atoms with van der Waals surface area (Å²) in [6, 6.07) is 4.92. The second-order valence-electron chi connectivity index (χ2n) is 5.21. The monoisotopic (exact) mass is 312 g/mol. The van der Waals surface area contributed by atoms with Crippen molar-refractivity contribution in [2.75, 3.05) is 12.8 Å². The first-order valence-corrected chi connectivity index (χ1v) is 6.82. The lowest BCUT2D eigenvalue weighted by molar-refractivity contribution is -0.137. The highest BCUT2D eigenvalue weighted by Crippen LogP contribution is 2.37. The number of nitrogens with two attached hydrogens (primary N) is 1. The molecule has 1 aromatic heterocycles. The fourth-order valence-electron chi connectivity index (χ4n) is 2.79. The highest BCUT2D eigenvalue weighted by molar-refractivity contribution is 5.29. The number of aromatic nitrogens is 3. The number of alkyl halides is 3. The molecular weight excluding hydrogens is 297 g/mol. The Balaban J connectivity index is 1.95. The molecule has 5 nitrogen and oxygen atoms in total. The number of hydrogen-bond donors (Lipinski definition) is 1. The maximum Gasteiger partial charge on any atom is 0.416 e. The molecule has 1 aliphatic heterocycles. The third-order valence-corrected chi connectivity index (χ3v) is 3.87. The van der Waals surface area contributed by atoms with Gasteiger partial charge in [-0.3, -0.25) is 0 Å². The van der Waals surface area contributed by atoms with Gasteiger partial charge in [-0.15, -0.1) is 5.10 Å². The first-order valence-electron chi connectivity index (χ1n) is 6.82. The molecule has 0 spiro atoms. The van der Waals surface area contributed by atoms with E-state index in [0.717, 1.165) is 17.7 Å². The third-order valence-electron chi connectivity index (χ3n) is 3.87. The van der Waals surface area contributed by atoms with Crippen LogP contribution in [0.1, 0.15) is 41.9 Å². The molecule has 118 valence electrons. The molecule has 1 aliphatic rings. The maximum atomic E-state index is 12.6. The lowest BCUT2D eigenvalue weighted by atomic mass is 9.95. The van der Waals surface area contributed by atoms with Gasteiger partial charge >= 0.3 is 6.18 Å². The van der Waals surface area contributed by atoms with Gasteiger partial charge in [0.2, 0.25) is 5.95 Å². The van der Waals surface area contributed by atoms with Crippen molar-refractivity contribution in [2.45, 2.75) is 31.2 Å². The lowest BCUT2D eigenvalue weighted by Gasteiger charge is -2.28. The average Bonchev–Trinajstić information content (AvgIpc) is 2.86. The molecule has 2 aromatic rings. The van der Waals surface area contributed by atoms with Crippen LogP contribution in [0.5, 0.6) is 0 Å². The van der Waals surface area contributed by atoms with E-state index in [9.17, 15) is 13.2 Å². The highest BCUT2D eigenvalue weighted by Gasteiger charge is 2.33. The van der Waals surface area contributed by atoms with Crippen LogP contribution in [0.4, 0.5) is 19.1 Å². The van der Waals surface area contributed by atoms with E-state index in [4.69, 9.17) is 10.5 Å². The molecule has 2 unspecified atom stereocenters. The van der Waals surface area contributed by atoms with Crippen molar-refractivity contribution < 1.29 is 17.9 Å². The number of rotatable bonds is 2. The van der Waals surface area contributed by atoms with E-state index in [1.807, 2.05) is 0 Å². The normalized spacial score (nSPS) is 21.6. The number of anilines is 1. The van der Waals surface area contributed by atoms with Gasteiger partial charge in [0, 0.05) is 7.11 Å². The molecule has 0 amide bonds. The molecule has 22 heavy (non-hydrogen) atoms. The summed E-state index contributed by atoms with van der Waals surface area (Å²) in [6.07, 6.45) is -3.13. The summed E-state index contributed by atoms with van der Waals surface area (Å²) < 4.78 is 44.9. The van der Waals surface area contributed by atoms with Gasteiger partial charge in [0.1, 0.15) is 6.10 Å². The number of fused-ring (bicyclic) bond motifs is 1. The lowest BCUT2D eigenvalue weighted by Crippen LogP contribution is -2.24. The zero-order valence-electron chi connectivity index (χ0n) is 11.8. The topological polar surface area (TPSA) is 66.0 Å². The second kappa shape index (κ2) is 5.28. The third kappa shape index (κ3) is 2.54. The molecule has 1 aromatic carbocycles.